The average molecular weight is 529 g/mol. The maximum absolute atomic E-state index is 12.1. The molecular formula is C29H36N8O2. The van der Waals surface area contributed by atoms with Gasteiger partial charge in [-0.1, -0.05) is 6.58 Å². The molecule has 4 N–H and O–H groups in total. The number of hydrogen-bond donors (Lipinski definition) is 3. The molecule has 4 rings (SSSR count). The van der Waals surface area contributed by atoms with E-state index in [4.69, 9.17) is 15.5 Å². The van der Waals surface area contributed by atoms with Gasteiger partial charge in [0.25, 0.3) is 0 Å². The Morgan fingerprint density at radius 2 is 1.92 bits per heavy atom. The molecule has 39 heavy (non-hydrogen) atoms. The molecule has 0 unspecified atom stereocenters. The van der Waals surface area contributed by atoms with Crippen molar-refractivity contribution in [3.05, 3.63) is 60.9 Å². The molecule has 10 heteroatoms. The lowest BCUT2D eigenvalue weighted by Gasteiger charge is -2.26. The second kappa shape index (κ2) is 11.4. The number of carbonyl (C=O) groups excluding carboxylic acids is 1. The quantitative estimate of drug-likeness (QED) is 0.251. The number of ether oxygens (including phenoxy) is 1. The molecule has 0 saturated heterocycles. The van der Waals surface area contributed by atoms with E-state index in [0.717, 1.165) is 46.6 Å². The molecule has 0 aliphatic rings. The van der Waals surface area contributed by atoms with Crippen LogP contribution in [0.2, 0.25) is 0 Å². The van der Waals surface area contributed by atoms with E-state index >= 15 is 0 Å². The highest BCUT2D eigenvalue weighted by atomic mass is 16.5. The summed E-state index contributed by atoms with van der Waals surface area (Å²) in [6.45, 7) is 5.50. The van der Waals surface area contributed by atoms with Crippen LogP contribution in [0.15, 0.2) is 55.4 Å². The number of fused-ring (bicyclic) bond motifs is 1. The van der Waals surface area contributed by atoms with Gasteiger partial charge in [-0.15, -0.1) is 0 Å². The van der Waals surface area contributed by atoms with Gasteiger partial charge in [-0.2, -0.15) is 0 Å². The Morgan fingerprint density at radius 1 is 1.15 bits per heavy atom. The summed E-state index contributed by atoms with van der Waals surface area (Å²) in [6, 6.07) is 11.8. The van der Waals surface area contributed by atoms with Gasteiger partial charge in [0.05, 0.1) is 24.0 Å². The Bertz CT molecular complexity index is 1530. The lowest BCUT2D eigenvalue weighted by molar-refractivity contribution is -0.112. The maximum Gasteiger partial charge on any atom is 0.248 e. The largest absolute Gasteiger partial charge is 0.494 e. The Hall–Kier alpha value is -4.57. The van der Waals surface area contributed by atoms with Crippen molar-refractivity contribution in [2.45, 2.75) is 0 Å². The summed E-state index contributed by atoms with van der Waals surface area (Å²) < 4.78 is 7.80. The minimum Gasteiger partial charge on any atom is -0.494 e. The fraction of sp³-hybridized carbons (Fsp3) is 0.276. The molecule has 0 saturated carbocycles. The van der Waals surface area contributed by atoms with E-state index in [1.54, 1.807) is 19.4 Å². The number of nitrogens with zero attached hydrogens (tertiary/aromatic N) is 5. The van der Waals surface area contributed by atoms with Gasteiger partial charge in [0.1, 0.15) is 5.75 Å². The van der Waals surface area contributed by atoms with Crippen LogP contribution in [0.1, 0.15) is 5.56 Å². The van der Waals surface area contributed by atoms with Crippen LogP contribution < -0.4 is 26.0 Å². The Labute approximate surface area is 229 Å². The Morgan fingerprint density at radius 3 is 2.59 bits per heavy atom. The van der Waals surface area contributed by atoms with Crippen molar-refractivity contribution in [1.29, 1.82) is 0 Å². The number of benzene rings is 2. The van der Waals surface area contributed by atoms with Crippen LogP contribution in [-0.4, -0.2) is 73.7 Å². The number of anilines is 4. The van der Waals surface area contributed by atoms with Gasteiger partial charge in [0, 0.05) is 86.2 Å². The molecule has 2 aromatic heterocycles. The SMILES string of the molecule is C=C(C(N)=O)c1cc(Nc2nccc(-c3cc(NC)cc4c3ccn4C)n2)c(OC)cc1N(C)CCN(C)C. The number of aryl methyl sites for hydroxylation is 1. The normalized spacial score (nSPS) is 11.1. The summed E-state index contributed by atoms with van der Waals surface area (Å²) in [7, 11) is 11.5. The standard InChI is InChI=1S/C29H36N8O2/c1-18(28(30)38)21-16-24(27(39-7)17-26(21)37(6)13-12-35(3)4)34-29-32-10-8-23(33-29)22-14-19(31-2)15-25-20(22)9-11-36(25)5/h8-11,14-17,31H,1,12-13H2,2-7H3,(H2,30,38)(H,32,33,34). The summed E-state index contributed by atoms with van der Waals surface area (Å²) in [4.78, 5) is 25.5. The molecule has 0 atom stereocenters. The first-order chi connectivity index (χ1) is 18.6. The van der Waals surface area contributed by atoms with Crippen molar-refractivity contribution in [2.24, 2.45) is 12.8 Å². The molecule has 0 radical (unpaired) electrons. The molecule has 0 aliphatic heterocycles. The highest BCUT2D eigenvalue weighted by Gasteiger charge is 2.19. The topological polar surface area (TPSA) is 114 Å². The summed E-state index contributed by atoms with van der Waals surface area (Å²) in [5.41, 5.74) is 11.7. The van der Waals surface area contributed by atoms with Crippen LogP contribution in [0.4, 0.5) is 23.0 Å². The predicted molar refractivity (Wildman–Crippen MR) is 160 cm³/mol. The Kier molecular flexibility index (Phi) is 8.06. The average Bonchev–Trinajstić information content (AvgIpc) is 3.30. The van der Waals surface area contributed by atoms with E-state index in [9.17, 15) is 4.79 Å². The second-order valence-electron chi connectivity index (χ2n) is 9.66. The van der Waals surface area contributed by atoms with E-state index in [0.29, 0.717) is 22.9 Å². The first kappa shape index (κ1) is 27.5. The molecule has 0 fully saturated rings. The molecule has 1 amide bonds. The van der Waals surface area contributed by atoms with Crippen LogP contribution in [0.5, 0.6) is 5.75 Å². The second-order valence-corrected chi connectivity index (χ2v) is 9.66. The van der Waals surface area contributed by atoms with Crippen molar-refractivity contribution in [3.8, 4) is 17.0 Å². The van der Waals surface area contributed by atoms with Gasteiger partial charge in [-0.25, -0.2) is 9.97 Å². The number of aromatic nitrogens is 3. The van der Waals surface area contributed by atoms with Crippen molar-refractivity contribution in [2.75, 3.05) is 63.9 Å². The number of likely N-dealkylation sites (N-methyl/N-ethyl adjacent to an activating group) is 2. The number of hydrogen-bond acceptors (Lipinski definition) is 8. The predicted octanol–water partition coefficient (Wildman–Crippen LogP) is 3.93. The lowest BCUT2D eigenvalue weighted by Crippen LogP contribution is -2.29. The third kappa shape index (κ3) is 5.80. The van der Waals surface area contributed by atoms with Gasteiger partial charge in [-0.3, -0.25) is 4.79 Å². The molecule has 0 aliphatic carbocycles. The highest BCUT2D eigenvalue weighted by molar-refractivity contribution is 6.19. The van der Waals surface area contributed by atoms with Crippen LogP contribution in [0.25, 0.3) is 27.7 Å². The zero-order valence-electron chi connectivity index (χ0n) is 23.4. The summed E-state index contributed by atoms with van der Waals surface area (Å²) in [5, 5.41) is 7.59. The van der Waals surface area contributed by atoms with E-state index in [-0.39, 0.29) is 5.57 Å². The number of nitrogens with two attached hydrogens (primary N) is 1. The molecule has 2 aromatic carbocycles. The fourth-order valence-corrected chi connectivity index (χ4v) is 4.41. The number of nitrogens with one attached hydrogen (secondary N) is 2. The number of primary amides is 1. The summed E-state index contributed by atoms with van der Waals surface area (Å²) in [6.07, 6.45) is 3.74. The van der Waals surface area contributed by atoms with Crippen LogP contribution in [0, 0.1) is 0 Å². The minimum absolute atomic E-state index is 0.206. The lowest BCUT2D eigenvalue weighted by atomic mass is 10.0. The van der Waals surface area contributed by atoms with Gasteiger partial charge in [-0.05, 0) is 44.4 Å². The molecule has 0 spiro atoms. The van der Waals surface area contributed by atoms with Crippen LogP contribution in [-0.2, 0) is 11.8 Å². The maximum atomic E-state index is 12.1. The third-order valence-electron chi connectivity index (χ3n) is 6.70. The van der Waals surface area contributed by atoms with Gasteiger partial charge < -0.3 is 35.5 Å². The molecule has 0 bridgehead atoms. The van der Waals surface area contributed by atoms with Crippen molar-refractivity contribution in [3.63, 3.8) is 0 Å². The molecule has 204 valence electrons. The van der Waals surface area contributed by atoms with Gasteiger partial charge in [0.15, 0.2) is 0 Å². The van der Waals surface area contributed by atoms with Gasteiger partial charge >= 0.3 is 0 Å². The number of carbonyl (C=O) groups is 1. The van der Waals surface area contributed by atoms with Crippen LogP contribution >= 0.6 is 0 Å². The van der Waals surface area contributed by atoms with E-state index in [2.05, 4.69) is 49.9 Å². The van der Waals surface area contributed by atoms with Crippen molar-refractivity contribution < 1.29 is 9.53 Å². The van der Waals surface area contributed by atoms with Crippen molar-refractivity contribution in [1.82, 2.24) is 19.4 Å². The van der Waals surface area contributed by atoms with Crippen LogP contribution in [0.3, 0.4) is 0 Å². The Balaban J connectivity index is 1.76. The molecular weight excluding hydrogens is 492 g/mol. The monoisotopic (exact) mass is 528 g/mol. The minimum atomic E-state index is -0.595. The number of methoxy groups -OCH3 is 1. The summed E-state index contributed by atoms with van der Waals surface area (Å²) >= 11 is 0. The third-order valence-corrected chi connectivity index (χ3v) is 6.70. The van der Waals surface area contributed by atoms with Gasteiger partial charge in [0.2, 0.25) is 11.9 Å². The highest BCUT2D eigenvalue weighted by Crippen LogP contribution is 2.38. The first-order valence-corrected chi connectivity index (χ1v) is 12.6. The fourth-order valence-electron chi connectivity index (χ4n) is 4.41. The smallest absolute Gasteiger partial charge is 0.248 e. The summed E-state index contributed by atoms with van der Waals surface area (Å²) in [5.74, 6) is 0.358. The molecule has 2 heterocycles. The number of rotatable bonds is 11. The number of amides is 1. The zero-order chi connectivity index (χ0) is 28.3. The zero-order valence-corrected chi connectivity index (χ0v) is 23.4. The molecule has 10 nitrogen and oxygen atoms in total. The first-order valence-electron chi connectivity index (χ1n) is 12.6. The van der Waals surface area contributed by atoms with Crippen molar-refractivity contribution >= 4 is 45.4 Å². The van der Waals surface area contributed by atoms with E-state index in [1.807, 2.05) is 58.5 Å². The van der Waals surface area contributed by atoms with E-state index < -0.39 is 5.91 Å². The molecule has 4 aromatic rings. The van der Waals surface area contributed by atoms with E-state index in [1.165, 1.54) is 0 Å².